The van der Waals surface area contributed by atoms with Crippen molar-refractivity contribution in [1.82, 2.24) is 4.98 Å². The van der Waals surface area contributed by atoms with E-state index in [2.05, 4.69) is 44.5 Å². The van der Waals surface area contributed by atoms with E-state index >= 15 is 0 Å². The van der Waals surface area contributed by atoms with E-state index in [1.807, 2.05) is 24.3 Å². The minimum atomic E-state index is 0.469. The van der Waals surface area contributed by atoms with Crippen molar-refractivity contribution >= 4 is 5.57 Å². The van der Waals surface area contributed by atoms with Crippen molar-refractivity contribution in [3.8, 4) is 0 Å². The second-order valence-electron chi connectivity index (χ2n) is 4.07. The van der Waals surface area contributed by atoms with Crippen LogP contribution in [0.3, 0.4) is 0 Å². The van der Waals surface area contributed by atoms with Gasteiger partial charge in [-0.3, -0.25) is 4.98 Å². The normalized spacial score (nSPS) is 12.4. The van der Waals surface area contributed by atoms with Crippen LogP contribution in [0.2, 0.25) is 0 Å². The lowest BCUT2D eigenvalue weighted by molar-refractivity contribution is 0.820. The summed E-state index contributed by atoms with van der Waals surface area (Å²) in [7, 11) is 0. The molecule has 84 valence electrons. The third-order valence-electron chi connectivity index (χ3n) is 2.36. The molecule has 0 fully saturated rings. The monoisotopic (exact) mass is 213 g/mol. The summed E-state index contributed by atoms with van der Waals surface area (Å²) >= 11 is 0. The largest absolute Gasteiger partial charge is 0.253 e. The summed E-state index contributed by atoms with van der Waals surface area (Å²) in [6.45, 7) is 10.0. The van der Waals surface area contributed by atoms with Crippen LogP contribution in [0.15, 0.2) is 49.1 Å². The van der Waals surface area contributed by atoms with Gasteiger partial charge in [-0.1, -0.05) is 50.8 Å². The van der Waals surface area contributed by atoms with Crippen LogP contribution >= 0.6 is 0 Å². The third-order valence-corrected chi connectivity index (χ3v) is 2.36. The number of rotatable bonds is 4. The molecule has 0 amide bonds. The lowest BCUT2D eigenvalue weighted by atomic mass is 10.1. The highest BCUT2D eigenvalue weighted by Gasteiger charge is 2.02. The Hall–Kier alpha value is -1.63. The van der Waals surface area contributed by atoms with Gasteiger partial charge in [0.15, 0.2) is 0 Å². The predicted octanol–water partition coefficient (Wildman–Crippen LogP) is 4.35. The molecule has 0 radical (unpaired) electrons. The summed E-state index contributed by atoms with van der Waals surface area (Å²) in [5, 5.41) is 0. The van der Waals surface area contributed by atoms with Gasteiger partial charge in [0.25, 0.3) is 0 Å². The molecule has 16 heavy (non-hydrogen) atoms. The Kier molecular flexibility index (Phi) is 4.71. The zero-order chi connectivity index (χ0) is 12.0. The average Bonchev–Trinajstić information content (AvgIpc) is 2.29. The van der Waals surface area contributed by atoms with Gasteiger partial charge in [-0.05, 0) is 30.5 Å². The Balaban J connectivity index is 2.95. The Morgan fingerprint density at radius 3 is 2.69 bits per heavy atom. The molecule has 1 rings (SSSR count). The zero-order valence-electron chi connectivity index (χ0n) is 10.3. The molecule has 1 heterocycles. The predicted molar refractivity (Wildman–Crippen MR) is 71.3 cm³/mol. The van der Waals surface area contributed by atoms with Crippen molar-refractivity contribution in [2.45, 2.75) is 26.7 Å². The molecule has 0 saturated carbocycles. The number of allylic oxidation sites excluding steroid dienone is 5. The molecule has 0 unspecified atom stereocenters. The molecule has 0 aliphatic carbocycles. The van der Waals surface area contributed by atoms with E-state index in [1.165, 1.54) is 5.57 Å². The summed E-state index contributed by atoms with van der Waals surface area (Å²) in [5.41, 5.74) is 3.35. The van der Waals surface area contributed by atoms with Gasteiger partial charge in [0.1, 0.15) is 0 Å². The topological polar surface area (TPSA) is 12.9 Å². The molecule has 0 saturated heterocycles. The van der Waals surface area contributed by atoms with Gasteiger partial charge < -0.3 is 0 Å². The van der Waals surface area contributed by atoms with E-state index in [1.54, 1.807) is 6.08 Å². The van der Waals surface area contributed by atoms with Crippen LogP contribution in [-0.2, 0) is 0 Å². The van der Waals surface area contributed by atoms with E-state index < -0.39 is 0 Å². The van der Waals surface area contributed by atoms with Crippen LogP contribution in [0.1, 0.15) is 38.1 Å². The molecule has 1 heteroatoms. The summed E-state index contributed by atoms with van der Waals surface area (Å²) in [5.74, 6) is 0.469. The van der Waals surface area contributed by atoms with E-state index in [0.717, 1.165) is 11.4 Å². The first-order valence-corrected chi connectivity index (χ1v) is 5.58. The molecule has 0 aromatic carbocycles. The maximum absolute atomic E-state index is 4.62. The molecule has 0 bridgehead atoms. The summed E-state index contributed by atoms with van der Waals surface area (Å²) in [4.78, 5) is 4.62. The van der Waals surface area contributed by atoms with Crippen LogP contribution in [0.5, 0.6) is 0 Å². The SMILES string of the molecule is C=C/C=C\C=C(/C)c1cccc(C(C)C)n1. The van der Waals surface area contributed by atoms with Gasteiger partial charge in [-0.2, -0.15) is 0 Å². The maximum Gasteiger partial charge on any atom is 0.0662 e. The molecule has 0 N–H and O–H groups in total. The summed E-state index contributed by atoms with van der Waals surface area (Å²) in [6.07, 6.45) is 7.71. The van der Waals surface area contributed by atoms with Crippen molar-refractivity contribution in [3.05, 3.63) is 60.5 Å². The van der Waals surface area contributed by atoms with E-state index in [9.17, 15) is 0 Å². The van der Waals surface area contributed by atoms with Crippen LogP contribution in [-0.4, -0.2) is 4.98 Å². The molecule has 1 nitrogen and oxygen atoms in total. The molecule has 1 aromatic heterocycles. The van der Waals surface area contributed by atoms with Crippen LogP contribution < -0.4 is 0 Å². The second-order valence-corrected chi connectivity index (χ2v) is 4.07. The Morgan fingerprint density at radius 2 is 2.06 bits per heavy atom. The number of hydrogen-bond donors (Lipinski definition) is 0. The standard InChI is InChI=1S/C15H19N/c1-5-6-7-9-13(4)15-11-8-10-14(16-15)12(2)3/h5-12H,1H2,2-4H3/b7-6-,13-9+. The van der Waals surface area contributed by atoms with Crippen molar-refractivity contribution in [2.75, 3.05) is 0 Å². The van der Waals surface area contributed by atoms with Crippen LogP contribution in [0.4, 0.5) is 0 Å². The fourth-order valence-corrected chi connectivity index (χ4v) is 1.36. The molecule has 0 aliphatic rings. The summed E-state index contributed by atoms with van der Waals surface area (Å²) in [6, 6.07) is 6.17. The number of pyridine rings is 1. The molecule has 0 spiro atoms. The lowest BCUT2D eigenvalue weighted by Crippen LogP contribution is -1.95. The van der Waals surface area contributed by atoms with E-state index in [-0.39, 0.29) is 0 Å². The lowest BCUT2D eigenvalue weighted by Gasteiger charge is -2.06. The van der Waals surface area contributed by atoms with Gasteiger partial charge in [-0.15, -0.1) is 0 Å². The minimum absolute atomic E-state index is 0.469. The van der Waals surface area contributed by atoms with Gasteiger partial charge in [0.2, 0.25) is 0 Å². The Bertz CT molecular complexity index is 411. The van der Waals surface area contributed by atoms with Gasteiger partial charge >= 0.3 is 0 Å². The summed E-state index contributed by atoms with van der Waals surface area (Å²) < 4.78 is 0. The first kappa shape index (κ1) is 12.4. The van der Waals surface area contributed by atoms with Gasteiger partial charge in [-0.25, -0.2) is 0 Å². The average molecular weight is 213 g/mol. The molecular weight excluding hydrogens is 194 g/mol. The molecule has 1 aromatic rings. The number of nitrogens with zero attached hydrogens (tertiary/aromatic N) is 1. The van der Waals surface area contributed by atoms with Gasteiger partial charge in [0, 0.05) is 5.69 Å². The number of aromatic nitrogens is 1. The van der Waals surface area contributed by atoms with Crippen LogP contribution in [0, 0.1) is 0 Å². The van der Waals surface area contributed by atoms with E-state index in [4.69, 9.17) is 0 Å². The second kappa shape index (κ2) is 6.06. The maximum atomic E-state index is 4.62. The first-order valence-electron chi connectivity index (χ1n) is 5.58. The highest BCUT2D eigenvalue weighted by molar-refractivity contribution is 5.62. The smallest absolute Gasteiger partial charge is 0.0662 e. The zero-order valence-corrected chi connectivity index (χ0v) is 10.3. The van der Waals surface area contributed by atoms with Crippen molar-refractivity contribution in [2.24, 2.45) is 0 Å². The third kappa shape index (κ3) is 3.50. The minimum Gasteiger partial charge on any atom is -0.253 e. The highest BCUT2D eigenvalue weighted by Crippen LogP contribution is 2.16. The Labute approximate surface area is 98.2 Å². The van der Waals surface area contributed by atoms with Crippen molar-refractivity contribution in [3.63, 3.8) is 0 Å². The first-order chi connectivity index (χ1) is 7.65. The quantitative estimate of drug-likeness (QED) is 0.677. The molecule has 0 aliphatic heterocycles. The van der Waals surface area contributed by atoms with Crippen LogP contribution in [0.25, 0.3) is 5.57 Å². The van der Waals surface area contributed by atoms with E-state index in [0.29, 0.717) is 5.92 Å². The van der Waals surface area contributed by atoms with Gasteiger partial charge in [0.05, 0.1) is 5.69 Å². The highest BCUT2D eigenvalue weighted by atomic mass is 14.7. The number of hydrogen-bond acceptors (Lipinski definition) is 1. The molecule has 0 atom stereocenters. The molecular formula is C15H19N. The van der Waals surface area contributed by atoms with Crippen molar-refractivity contribution < 1.29 is 0 Å². The van der Waals surface area contributed by atoms with Crippen molar-refractivity contribution in [1.29, 1.82) is 0 Å². The fourth-order valence-electron chi connectivity index (χ4n) is 1.36. The Morgan fingerprint density at radius 1 is 1.31 bits per heavy atom. The fraction of sp³-hybridized carbons (Fsp3) is 0.267.